The third kappa shape index (κ3) is 5.05. The molecule has 5 heteroatoms. The number of hydrogen-bond acceptors (Lipinski definition) is 4. The summed E-state index contributed by atoms with van der Waals surface area (Å²) in [5, 5.41) is 9.32. The average molecular weight is 211 g/mol. The highest BCUT2D eigenvalue weighted by atomic mass is 16.5. The molecule has 84 valence electrons. The first kappa shape index (κ1) is 11.6. The molecule has 0 amide bonds. The average Bonchev–Trinajstić information content (AvgIpc) is 2.74. The molecule has 2 N–H and O–H groups in total. The maximum Gasteiger partial charge on any atom is 0.325 e. The number of aromatic nitrogens is 2. The molecule has 0 radical (unpaired) electrons. The molecule has 1 aromatic heterocycles. The second kappa shape index (κ2) is 6.86. The van der Waals surface area contributed by atoms with Crippen molar-refractivity contribution in [1.82, 2.24) is 10.2 Å². The molecule has 0 unspecified atom stereocenters. The van der Waals surface area contributed by atoms with Crippen molar-refractivity contribution >= 4 is 11.8 Å². The van der Waals surface area contributed by atoms with E-state index in [4.69, 9.17) is 4.74 Å². The first-order valence-corrected chi connectivity index (χ1v) is 5.21. The van der Waals surface area contributed by atoms with E-state index in [-0.39, 0.29) is 12.5 Å². The van der Waals surface area contributed by atoms with E-state index in [2.05, 4.69) is 22.4 Å². The van der Waals surface area contributed by atoms with Crippen LogP contribution in [0.4, 0.5) is 5.82 Å². The molecule has 0 saturated heterocycles. The van der Waals surface area contributed by atoms with Gasteiger partial charge in [-0.1, -0.05) is 19.8 Å². The number of carbonyl (C=O) groups is 1. The number of rotatable bonds is 7. The van der Waals surface area contributed by atoms with Crippen molar-refractivity contribution in [2.75, 3.05) is 18.5 Å². The smallest absolute Gasteiger partial charge is 0.325 e. The Kier molecular flexibility index (Phi) is 5.29. The molecule has 0 saturated carbocycles. The largest absolute Gasteiger partial charge is 0.464 e. The van der Waals surface area contributed by atoms with Crippen LogP contribution in [0, 0.1) is 0 Å². The van der Waals surface area contributed by atoms with Crippen molar-refractivity contribution in [3.8, 4) is 0 Å². The Morgan fingerprint density at radius 1 is 1.60 bits per heavy atom. The van der Waals surface area contributed by atoms with Crippen LogP contribution >= 0.6 is 0 Å². The molecule has 0 fully saturated rings. The fourth-order valence-electron chi connectivity index (χ4n) is 1.11. The summed E-state index contributed by atoms with van der Waals surface area (Å²) < 4.78 is 5.01. The lowest BCUT2D eigenvalue weighted by atomic mass is 10.3. The quantitative estimate of drug-likeness (QED) is 0.530. The minimum absolute atomic E-state index is 0.175. The zero-order valence-electron chi connectivity index (χ0n) is 8.95. The fraction of sp³-hybridized carbons (Fsp3) is 0.600. The Morgan fingerprint density at radius 3 is 3.13 bits per heavy atom. The van der Waals surface area contributed by atoms with Crippen LogP contribution in [-0.2, 0) is 9.53 Å². The second-order valence-electron chi connectivity index (χ2n) is 3.25. The number of nitrogens with zero attached hydrogens (tertiary/aromatic N) is 1. The highest BCUT2D eigenvalue weighted by Gasteiger charge is 2.02. The Morgan fingerprint density at radius 2 is 2.47 bits per heavy atom. The number of H-pyrrole nitrogens is 1. The summed E-state index contributed by atoms with van der Waals surface area (Å²) in [4.78, 5) is 11.2. The van der Waals surface area contributed by atoms with E-state index in [0.717, 1.165) is 25.1 Å². The van der Waals surface area contributed by atoms with Gasteiger partial charge in [-0.05, 0) is 12.5 Å². The number of anilines is 1. The third-order valence-electron chi connectivity index (χ3n) is 1.93. The molecule has 0 bridgehead atoms. The molecule has 5 nitrogen and oxygen atoms in total. The minimum atomic E-state index is -0.235. The summed E-state index contributed by atoms with van der Waals surface area (Å²) in [5.74, 6) is 0.487. The van der Waals surface area contributed by atoms with Crippen molar-refractivity contribution in [2.24, 2.45) is 0 Å². The molecule has 1 heterocycles. The maximum absolute atomic E-state index is 11.2. The van der Waals surface area contributed by atoms with Crippen LogP contribution in [0.15, 0.2) is 12.3 Å². The summed E-state index contributed by atoms with van der Waals surface area (Å²) in [6, 6.07) is 1.75. The number of esters is 1. The highest BCUT2D eigenvalue weighted by molar-refractivity contribution is 5.74. The van der Waals surface area contributed by atoms with E-state index in [1.807, 2.05) is 0 Å². The van der Waals surface area contributed by atoms with Crippen LogP contribution < -0.4 is 5.32 Å². The van der Waals surface area contributed by atoms with Crippen LogP contribution in [0.3, 0.4) is 0 Å². The predicted octanol–water partition coefficient (Wildman–Crippen LogP) is 1.55. The van der Waals surface area contributed by atoms with Gasteiger partial charge >= 0.3 is 5.97 Å². The van der Waals surface area contributed by atoms with Crippen molar-refractivity contribution in [3.05, 3.63) is 12.3 Å². The minimum Gasteiger partial charge on any atom is -0.464 e. The van der Waals surface area contributed by atoms with Gasteiger partial charge in [0.2, 0.25) is 0 Å². The first-order valence-electron chi connectivity index (χ1n) is 5.21. The van der Waals surface area contributed by atoms with Crippen LogP contribution in [-0.4, -0.2) is 29.3 Å². The van der Waals surface area contributed by atoms with Crippen LogP contribution in [0.25, 0.3) is 0 Å². The summed E-state index contributed by atoms with van der Waals surface area (Å²) in [6.45, 7) is 2.80. The van der Waals surface area contributed by atoms with Crippen LogP contribution in [0.5, 0.6) is 0 Å². The number of nitrogens with one attached hydrogen (secondary N) is 2. The van der Waals surface area contributed by atoms with E-state index in [9.17, 15) is 4.79 Å². The maximum atomic E-state index is 11.2. The van der Waals surface area contributed by atoms with Gasteiger partial charge in [0.25, 0.3) is 0 Å². The number of carbonyl (C=O) groups excluding carboxylic acids is 1. The SMILES string of the molecule is CCCCCOC(=O)CNc1ccn[nH]1. The first-order chi connectivity index (χ1) is 7.33. The van der Waals surface area contributed by atoms with Gasteiger partial charge in [-0.25, -0.2) is 0 Å². The van der Waals surface area contributed by atoms with E-state index in [1.54, 1.807) is 12.3 Å². The number of hydrogen-bond donors (Lipinski definition) is 2. The molecule has 0 aliphatic rings. The van der Waals surface area contributed by atoms with Gasteiger partial charge in [0.05, 0.1) is 12.8 Å². The molecule has 15 heavy (non-hydrogen) atoms. The van der Waals surface area contributed by atoms with Crippen molar-refractivity contribution in [2.45, 2.75) is 26.2 Å². The fourth-order valence-corrected chi connectivity index (χ4v) is 1.11. The molecular formula is C10H17N3O2. The van der Waals surface area contributed by atoms with Gasteiger partial charge < -0.3 is 10.1 Å². The molecule has 0 atom stereocenters. The normalized spacial score (nSPS) is 9.93. The van der Waals surface area contributed by atoms with Crippen LogP contribution in [0.1, 0.15) is 26.2 Å². The van der Waals surface area contributed by atoms with E-state index in [1.165, 1.54) is 0 Å². The number of unbranched alkanes of at least 4 members (excludes halogenated alkanes) is 2. The van der Waals surface area contributed by atoms with Gasteiger partial charge in [-0.2, -0.15) is 5.10 Å². The lowest BCUT2D eigenvalue weighted by molar-refractivity contribution is -0.141. The van der Waals surface area contributed by atoms with Crippen molar-refractivity contribution in [3.63, 3.8) is 0 Å². The van der Waals surface area contributed by atoms with E-state index in [0.29, 0.717) is 6.61 Å². The molecule has 0 aliphatic carbocycles. The van der Waals surface area contributed by atoms with E-state index < -0.39 is 0 Å². The molecule has 0 spiro atoms. The summed E-state index contributed by atoms with van der Waals surface area (Å²) in [7, 11) is 0. The molecule has 0 aliphatic heterocycles. The zero-order chi connectivity index (χ0) is 10.9. The van der Waals surface area contributed by atoms with Gasteiger partial charge in [-0.3, -0.25) is 9.89 Å². The lowest BCUT2D eigenvalue weighted by Crippen LogP contribution is -2.17. The Bertz CT molecular complexity index is 272. The Labute approximate surface area is 89.2 Å². The molecule has 1 rings (SSSR count). The van der Waals surface area contributed by atoms with Crippen molar-refractivity contribution in [1.29, 1.82) is 0 Å². The number of ether oxygens (including phenoxy) is 1. The zero-order valence-corrected chi connectivity index (χ0v) is 8.95. The second-order valence-corrected chi connectivity index (χ2v) is 3.25. The van der Waals surface area contributed by atoms with Gasteiger partial charge in [0.1, 0.15) is 12.4 Å². The lowest BCUT2D eigenvalue weighted by Gasteiger charge is -2.04. The highest BCUT2D eigenvalue weighted by Crippen LogP contribution is 1.98. The summed E-state index contributed by atoms with van der Waals surface area (Å²) in [5.41, 5.74) is 0. The molecular weight excluding hydrogens is 194 g/mol. The number of aromatic amines is 1. The topological polar surface area (TPSA) is 67.0 Å². The summed E-state index contributed by atoms with van der Waals surface area (Å²) >= 11 is 0. The van der Waals surface area contributed by atoms with Gasteiger partial charge in [0, 0.05) is 0 Å². The van der Waals surface area contributed by atoms with Crippen LogP contribution in [0.2, 0.25) is 0 Å². The summed E-state index contributed by atoms with van der Waals surface area (Å²) in [6.07, 6.45) is 4.78. The van der Waals surface area contributed by atoms with E-state index >= 15 is 0 Å². The Balaban J connectivity index is 2.04. The molecule has 0 aromatic carbocycles. The third-order valence-corrected chi connectivity index (χ3v) is 1.93. The standard InChI is InChI=1S/C10H17N3O2/c1-2-3-4-7-15-10(14)8-11-9-5-6-12-13-9/h5-6H,2-4,7-8H2,1H3,(H2,11,12,13). The van der Waals surface area contributed by atoms with Crippen molar-refractivity contribution < 1.29 is 9.53 Å². The molecule has 1 aromatic rings. The van der Waals surface area contributed by atoms with Gasteiger partial charge in [-0.15, -0.1) is 0 Å². The van der Waals surface area contributed by atoms with Gasteiger partial charge in [0.15, 0.2) is 0 Å². The predicted molar refractivity (Wildman–Crippen MR) is 57.6 cm³/mol. The Hall–Kier alpha value is -1.52. The monoisotopic (exact) mass is 211 g/mol.